The van der Waals surface area contributed by atoms with Gasteiger partial charge in [-0.25, -0.2) is 9.78 Å². The van der Waals surface area contributed by atoms with Gasteiger partial charge in [-0.1, -0.05) is 12.1 Å². The van der Waals surface area contributed by atoms with Gasteiger partial charge in [0.05, 0.1) is 5.56 Å². The SMILES string of the molecule is C=CCCC(C(=O)NC)N(C=O)C(=O)c1cc(N2CCN(CC3CCN(c4ccc(C(=O)OC(C)(C)C)cn4)CC3)CC2)ccc1C. The van der Waals surface area contributed by atoms with Gasteiger partial charge in [0.2, 0.25) is 12.3 Å². The van der Waals surface area contributed by atoms with Gasteiger partial charge in [-0.3, -0.25) is 24.2 Å². The van der Waals surface area contributed by atoms with Gasteiger partial charge >= 0.3 is 5.97 Å². The van der Waals surface area contributed by atoms with Crippen LogP contribution in [0.4, 0.5) is 11.5 Å². The molecule has 1 aromatic carbocycles. The number of imide groups is 1. The van der Waals surface area contributed by atoms with E-state index in [4.69, 9.17) is 4.74 Å². The molecule has 47 heavy (non-hydrogen) atoms. The third kappa shape index (κ3) is 9.41. The number of anilines is 2. The number of aryl methyl sites for hydroxylation is 1. The van der Waals surface area contributed by atoms with Crippen LogP contribution in [0, 0.1) is 12.8 Å². The van der Waals surface area contributed by atoms with E-state index in [1.807, 2.05) is 52.0 Å². The Morgan fingerprint density at radius 1 is 1.06 bits per heavy atom. The number of aromatic nitrogens is 1. The number of nitrogens with one attached hydrogen (secondary N) is 1. The van der Waals surface area contributed by atoms with Gasteiger partial charge in [0.25, 0.3) is 5.91 Å². The van der Waals surface area contributed by atoms with E-state index in [0.29, 0.717) is 36.3 Å². The second-order valence-corrected chi connectivity index (χ2v) is 13.4. The smallest absolute Gasteiger partial charge is 0.340 e. The van der Waals surface area contributed by atoms with Gasteiger partial charge in [-0.05, 0) is 89.1 Å². The minimum absolute atomic E-state index is 0.313. The van der Waals surface area contributed by atoms with Gasteiger partial charge in [0, 0.05) is 70.3 Å². The zero-order valence-corrected chi connectivity index (χ0v) is 28.5. The summed E-state index contributed by atoms with van der Waals surface area (Å²) in [6.07, 6.45) is 6.71. The van der Waals surface area contributed by atoms with Crippen LogP contribution in [0.25, 0.3) is 0 Å². The lowest BCUT2D eigenvalue weighted by molar-refractivity contribution is -0.130. The molecule has 2 saturated heterocycles. The maximum Gasteiger partial charge on any atom is 0.340 e. The number of esters is 1. The van der Waals surface area contributed by atoms with E-state index >= 15 is 0 Å². The second-order valence-electron chi connectivity index (χ2n) is 13.4. The molecule has 0 radical (unpaired) electrons. The molecule has 2 aromatic rings. The maximum absolute atomic E-state index is 13.6. The summed E-state index contributed by atoms with van der Waals surface area (Å²) in [7, 11) is 1.50. The Kier molecular flexibility index (Phi) is 12.1. The zero-order chi connectivity index (χ0) is 34.1. The molecule has 1 aromatic heterocycles. The molecule has 0 spiro atoms. The molecule has 2 aliphatic heterocycles. The molecule has 0 saturated carbocycles. The Bertz CT molecular complexity index is 1410. The minimum Gasteiger partial charge on any atom is -0.456 e. The molecule has 0 bridgehead atoms. The number of carbonyl (C=O) groups is 4. The van der Waals surface area contributed by atoms with Gasteiger partial charge in [-0.2, -0.15) is 0 Å². The third-order valence-electron chi connectivity index (χ3n) is 8.90. The van der Waals surface area contributed by atoms with Crippen molar-refractivity contribution in [3.63, 3.8) is 0 Å². The number of nitrogens with zero attached hydrogens (tertiary/aromatic N) is 5. The zero-order valence-electron chi connectivity index (χ0n) is 28.5. The van der Waals surface area contributed by atoms with Crippen molar-refractivity contribution in [3.8, 4) is 0 Å². The Labute approximate surface area is 278 Å². The first-order chi connectivity index (χ1) is 22.4. The molecule has 1 atom stereocenters. The average Bonchev–Trinajstić information content (AvgIpc) is 3.06. The molecule has 2 fully saturated rings. The van der Waals surface area contributed by atoms with Crippen molar-refractivity contribution in [3.05, 3.63) is 65.9 Å². The average molecular weight is 647 g/mol. The molecule has 0 aliphatic carbocycles. The highest BCUT2D eigenvalue weighted by atomic mass is 16.6. The summed E-state index contributed by atoms with van der Waals surface area (Å²) in [5.74, 6) is 0.274. The summed E-state index contributed by atoms with van der Waals surface area (Å²) < 4.78 is 5.45. The number of likely N-dealkylation sites (N-methyl/N-ethyl adjacent to an activating group) is 1. The van der Waals surface area contributed by atoms with Gasteiger partial charge in [0.15, 0.2) is 0 Å². The van der Waals surface area contributed by atoms with Gasteiger partial charge in [-0.15, -0.1) is 6.58 Å². The fourth-order valence-corrected chi connectivity index (χ4v) is 6.21. The van der Waals surface area contributed by atoms with Crippen molar-refractivity contribution < 1.29 is 23.9 Å². The number of pyridine rings is 1. The van der Waals surface area contributed by atoms with Crippen LogP contribution < -0.4 is 15.1 Å². The molecule has 11 nitrogen and oxygen atoms in total. The van der Waals surface area contributed by atoms with Crippen LogP contribution in [0.15, 0.2) is 49.2 Å². The molecule has 11 heteroatoms. The van der Waals surface area contributed by atoms with E-state index in [-0.39, 0.29) is 11.9 Å². The molecule has 1 unspecified atom stereocenters. The molecular weight excluding hydrogens is 596 g/mol. The fraction of sp³-hybridized carbons (Fsp3) is 0.528. The highest BCUT2D eigenvalue weighted by Gasteiger charge is 2.31. The number of piperidine rings is 1. The van der Waals surface area contributed by atoms with Crippen LogP contribution in [0.2, 0.25) is 0 Å². The van der Waals surface area contributed by atoms with Crippen LogP contribution in [-0.2, 0) is 14.3 Å². The topological polar surface area (TPSA) is 115 Å². The molecule has 4 rings (SSSR count). The lowest BCUT2D eigenvalue weighted by atomic mass is 9.96. The van der Waals surface area contributed by atoms with Crippen molar-refractivity contribution in [2.45, 2.75) is 65.0 Å². The third-order valence-corrected chi connectivity index (χ3v) is 8.90. The van der Waals surface area contributed by atoms with Crippen LogP contribution in [0.5, 0.6) is 0 Å². The van der Waals surface area contributed by atoms with Crippen LogP contribution in [-0.4, -0.2) is 103 Å². The van der Waals surface area contributed by atoms with E-state index in [1.54, 1.807) is 18.3 Å². The summed E-state index contributed by atoms with van der Waals surface area (Å²) in [6.45, 7) is 17.5. The predicted octanol–water partition coefficient (Wildman–Crippen LogP) is 4.06. The number of hydrogen-bond acceptors (Lipinski definition) is 9. The van der Waals surface area contributed by atoms with Crippen molar-refractivity contribution >= 4 is 35.7 Å². The van der Waals surface area contributed by atoms with Gasteiger partial charge in [0.1, 0.15) is 17.5 Å². The highest BCUT2D eigenvalue weighted by molar-refractivity contribution is 6.04. The molecule has 3 heterocycles. The highest BCUT2D eigenvalue weighted by Crippen LogP contribution is 2.26. The first-order valence-electron chi connectivity index (χ1n) is 16.6. The summed E-state index contributed by atoms with van der Waals surface area (Å²) in [4.78, 5) is 63.1. The molecular formula is C36H50N6O5. The lowest BCUT2D eigenvalue weighted by Gasteiger charge is -2.40. The number of rotatable bonds is 12. The second kappa shape index (κ2) is 16.0. The Morgan fingerprint density at radius 3 is 2.34 bits per heavy atom. The number of benzene rings is 1. The number of piperazine rings is 1. The van der Waals surface area contributed by atoms with Crippen molar-refractivity contribution in [1.82, 2.24) is 20.1 Å². The van der Waals surface area contributed by atoms with E-state index in [1.165, 1.54) is 7.05 Å². The van der Waals surface area contributed by atoms with E-state index < -0.39 is 17.6 Å². The summed E-state index contributed by atoms with van der Waals surface area (Å²) in [5.41, 5.74) is 2.03. The predicted molar refractivity (Wildman–Crippen MR) is 184 cm³/mol. The van der Waals surface area contributed by atoms with E-state index in [0.717, 1.165) is 80.6 Å². The molecule has 254 valence electrons. The van der Waals surface area contributed by atoms with E-state index in [9.17, 15) is 19.2 Å². The summed E-state index contributed by atoms with van der Waals surface area (Å²) >= 11 is 0. The quantitative estimate of drug-likeness (QED) is 0.207. The molecule has 3 amide bonds. The number of carbonyl (C=O) groups excluding carboxylic acids is 4. The van der Waals surface area contributed by atoms with Crippen molar-refractivity contribution in [1.29, 1.82) is 0 Å². The standard InChI is InChI=1S/C36H50N6O5/c1-7-8-9-31(33(44)37-6)42(25-43)34(45)30-22-29(12-10-26(30)2)40-20-18-39(19-21-40)24-27-14-16-41(17-15-27)32-13-11-28(23-38-32)35(46)47-36(3,4)5/h7,10-13,22-23,25,27,31H,1,8-9,14-21,24H2,2-6H3,(H,37,44). The van der Waals surface area contributed by atoms with Crippen molar-refractivity contribution in [2.75, 3.05) is 62.7 Å². The maximum atomic E-state index is 13.6. The minimum atomic E-state index is -0.901. The van der Waals surface area contributed by atoms with Crippen LogP contribution in [0.3, 0.4) is 0 Å². The number of allylic oxidation sites excluding steroid dienone is 1. The van der Waals surface area contributed by atoms with Crippen LogP contribution in [0.1, 0.15) is 72.7 Å². The Hall–Kier alpha value is -4.25. The van der Waals surface area contributed by atoms with E-state index in [2.05, 4.69) is 31.6 Å². The normalized spacial score (nSPS) is 16.7. The molecule has 1 N–H and O–H groups in total. The molecule has 2 aliphatic rings. The van der Waals surface area contributed by atoms with Gasteiger partial charge < -0.3 is 19.9 Å². The Balaban J connectivity index is 1.29. The Morgan fingerprint density at radius 2 is 1.77 bits per heavy atom. The number of hydrogen-bond donors (Lipinski definition) is 1. The summed E-state index contributed by atoms with van der Waals surface area (Å²) in [5, 5.41) is 2.57. The van der Waals surface area contributed by atoms with Crippen molar-refractivity contribution in [2.24, 2.45) is 5.92 Å². The summed E-state index contributed by atoms with van der Waals surface area (Å²) in [6, 6.07) is 8.57. The fourth-order valence-electron chi connectivity index (χ4n) is 6.21. The largest absolute Gasteiger partial charge is 0.456 e. The number of amides is 3. The monoisotopic (exact) mass is 646 g/mol. The van der Waals surface area contributed by atoms with Crippen LogP contribution >= 0.6 is 0 Å². The first kappa shape index (κ1) is 35.6. The lowest BCUT2D eigenvalue weighted by Crippen LogP contribution is -2.49. The first-order valence-corrected chi connectivity index (χ1v) is 16.6. The number of ether oxygens (including phenoxy) is 1.